The normalized spacial score (nSPS) is 27.1. The summed E-state index contributed by atoms with van der Waals surface area (Å²) in [6.45, 7) is 8.11. The molecule has 0 spiro atoms. The Morgan fingerprint density at radius 3 is 2.44 bits per heavy atom. The minimum absolute atomic E-state index is 0.244. The Morgan fingerprint density at radius 2 is 1.84 bits per heavy atom. The summed E-state index contributed by atoms with van der Waals surface area (Å²) in [5.41, 5.74) is 2.89. The highest BCUT2D eigenvalue weighted by Crippen LogP contribution is 2.40. The SMILES string of the molecule is C=C(C)c1cc(C2CCC(C)CC2)cc(F)c1C1CCC(=O)NC1=O. The van der Waals surface area contributed by atoms with Crippen molar-refractivity contribution in [1.82, 2.24) is 5.32 Å². The van der Waals surface area contributed by atoms with E-state index < -0.39 is 11.8 Å². The molecule has 1 saturated carbocycles. The average molecular weight is 343 g/mol. The quantitative estimate of drug-likeness (QED) is 0.811. The molecule has 134 valence electrons. The maximum Gasteiger partial charge on any atom is 0.234 e. The highest BCUT2D eigenvalue weighted by molar-refractivity contribution is 6.01. The first-order chi connectivity index (χ1) is 11.9. The zero-order chi connectivity index (χ0) is 18.1. The van der Waals surface area contributed by atoms with Crippen LogP contribution >= 0.6 is 0 Å². The van der Waals surface area contributed by atoms with E-state index >= 15 is 4.39 Å². The van der Waals surface area contributed by atoms with Gasteiger partial charge in [0.15, 0.2) is 0 Å². The lowest BCUT2D eigenvalue weighted by Crippen LogP contribution is -2.40. The van der Waals surface area contributed by atoms with Gasteiger partial charge < -0.3 is 0 Å². The van der Waals surface area contributed by atoms with Crippen molar-refractivity contribution in [2.24, 2.45) is 5.92 Å². The van der Waals surface area contributed by atoms with Gasteiger partial charge in [0, 0.05) is 12.0 Å². The summed E-state index contributed by atoms with van der Waals surface area (Å²) in [5.74, 6) is -0.541. The van der Waals surface area contributed by atoms with E-state index in [1.165, 1.54) is 12.8 Å². The maximum absolute atomic E-state index is 15.1. The molecule has 2 amide bonds. The number of amides is 2. The Balaban J connectivity index is 1.97. The zero-order valence-corrected chi connectivity index (χ0v) is 15.0. The van der Waals surface area contributed by atoms with Crippen LogP contribution in [0.5, 0.6) is 0 Å². The summed E-state index contributed by atoms with van der Waals surface area (Å²) >= 11 is 0. The van der Waals surface area contributed by atoms with Crippen LogP contribution < -0.4 is 5.32 Å². The standard InChI is InChI=1S/C21H26FNO2/c1-12(2)17-10-15(14-6-4-13(3)5-7-14)11-18(22)20(17)16-8-9-19(24)23-21(16)25/h10-11,13-14,16H,1,4-9H2,2-3H3,(H,23,24,25). The minimum Gasteiger partial charge on any atom is -0.296 e. The van der Waals surface area contributed by atoms with E-state index in [4.69, 9.17) is 0 Å². The van der Waals surface area contributed by atoms with E-state index in [-0.39, 0.29) is 18.1 Å². The van der Waals surface area contributed by atoms with Gasteiger partial charge in [0.25, 0.3) is 0 Å². The predicted octanol–water partition coefficient (Wildman–Crippen LogP) is 4.67. The molecular formula is C21H26FNO2. The van der Waals surface area contributed by atoms with Crippen LogP contribution in [0, 0.1) is 11.7 Å². The van der Waals surface area contributed by atoms with Gasteiger partial charge >= 0.3 is 0 Å². The third kappa shape index (κ3) is 3.68. The lowest BCUT2D eigenvalue weighted by molar-refractivity contribution is -0.134. The fourth-order valence-electron chi connectivity index (χ4n) is 4.14. The average Bonchev–Trinajstić information content (AvgIpc) is 2.55. The summed E-state index contributed by atoms with van der Waals surface area (Å²) in [4.78, 5) is 23.6. The van der Waals surface area contributed by atoms with Gasteiger partial charge in [-0.05, 0) is 55.2 Å². The number of imide groups is 1. The molecule has 1 aromatic carbocycles. The van der Waals surface area contributed by atoms with Crippen molar-refractivity contribution in [3.05, 3.63) is 41.2 Å². The predicted molar refractivity (Wildman–Crippen MR) is 96.6 cm³/mol. The van der Waals surface area contributed by atoms with Gasteiger partial charge in [-0.15, -0.1) is 0 Å². The van der Waals surface area contributed by atoms with Crippen LogP contribution in [0.15, 0.2) is 18.7 Å². The number of piperidine rings is 1. The van der Waals surface area contributed by atoms with Gasteiger partial charge in [0.2, 0.25) is 11.8 Å². The van der Waals surface area contributed by atoms with Gasteiger partial charge in [-0.1, -0.05) is 38.0 Å². The van der Waals surface area contributed by atoms with Crippen molar-refractivity contribution < 1.29 is 14.0 Å². The molecular weight excluding hydrogens is 317 g/mol. The van der Waals surface area contributed by atoms with Gasteiger partial charge in [0.1, 0.15) is 5.82 Å². The monoisotopic (exact) mass is 343 g/mol. The largest absolute Gasteiger partial charge is 0.296 e. The van der Waals surface area contributed by atoms with Crippen LogP contribution in [0.25, 0.3) is 5.57 Å². The molecule has 3 nitrogen and oxygen atoms in total. The minimum atomic E-state index is -0.621. The topological polar surface area (TPSA) is 46.2 Å². The van der Waals surface area contributed by atoms with Gasteiger partial charge in [0.05, 0.1) is 5.92 Å². The Labute approximate surface area is 148 Å². The van der Waals surface area contributed by atoms with Crippen molar-refractivity contribution in [3.8, 4) is 0 Å². The molecule has 2 aliphatic rings. The van der Waals surface area contributed by atoms with E-state index in [0.29, 0.717) is 17.9 Å². The molecule has 3 rings (SSSR count). The van der Waals surface area contributed by atoms with Gasteiger partial charge in [-0.3, -0.25) is 14.9 Å². The van der Waals surface area contributed by atoms with Crippen molar-refractivity contribution in [2.45, 2.75) is 64.2 Å². The van der Waals surface area contributed by atoms with E-state index in [1.807, 2.05) is 13.0 Å². The number of allylic oxidation sites excluding steroid dienone is 1. The van der Waals surface area contributed by atoms with Crippen molar-refractivity contribution >= 4 is 17.4 Å². The van der Waals surface area contributed by atoms with E-state index in [0.717, 1.165) is 35.5 Å². The highest BCUT2D eigenvalue weighted by atomic mass is 19.1. The molecule has 25 heavy (non-hydrogen) atoms. The first-order valence-electron chi connectivity index (χ1n) is 9.19. The van der Waals surface area contributed by atoms with Crippen LogP contribution in [0.4, 0.5) is 4.39 Å². The number of hydrogen-bond donors (Lipinski definition) is 1. The fourth-order valence-corrected chi connectivity index (χ4v) is 4.14. The Kier molecular flexibility index (Phi) is 5.07. The highest BCUT2D eigenvalue weighted by Gasteiger charge is 2.33. The second-order valence-electron chi connectivity index (χ2n) is 7.70. The fraction of sp³-hybridized carbons (Fsp3) is 0.524. The van der Waals surface area contributed by atoms with Crippen LogP contribution in [0.2, 0.25) is 0 Å². The molecule has 1 unspecified atom stereocenters. The second kappa shape index (κ2) is 7.11. The van der Waals surface area contributed by atoms with E-state index in [1.54, 1.807) is 6.07 Å². The van der Waals surface area contributed by atoms with Crippen molar-refractivity contribution in [1.29, 1.82) is 0 Å². The maximum atomic E-state index is 15.1. The first kappa shape index (κ1) is 17.8. The number of benzene rings is 1. The Hall–Kier alpha value is -1.97. The molecule has 1 aromatic rings. The van der Waals surface area contributed by atoms with Crippen LogP contribution in [-0.4, -0.2) is 11.8 Å². The Bertz CT molecular complexity index is 717. The number of rotatable bonds is 3. The van der Waals surface area contributed by atoms with Crippen LogP contribution in [0.3, 0.4) is 0 Å². The summed E-state index contributed by atoms with van der Waals surface area (Å²) in [6.07, 6.45) is 5.09. The molecule has 0 bridgehead atoms. The van der Waals surface area contributed by atoms with Gasteiger partial charge in [-0.2, -0.15) is 0 Å². The number of halogens is 1. The van der Waals surface area contributed by atoms with Crippen LogP contribution in [-0.2, 0) is 9.59 Å². The van der Waals surface area contributed by atoms with Crippen LogP contribution in [0.1, 0.15) is 80.9 Å². The summed E-state index contributed by atoms with van der Waals surface area (Å²) < 4.78 is 15.1. The Morgan fingerprint density at radius 1 is 1.16 bits per heavy atom. The smallest absolute Gasteiger partial charge is 0.234 e. The molecule has 1 saturated heterocycles. The number of carbonyl (C=O) groups excluding carboxylic acids is 2. The van der Waals surface area contributed by atoms with E-state index in [9.17, 15) is 9.59 Å². The summed E-state index contributed by atoms with van der Waals surface area (Å²) in [6, 6.07) is 3.62. The number of hydrogen-bond acceptors (Lipinski definition) is 2. The van der Waals surface area contributed by atoms with Crippen molar-refractivity contribution in [2.75, 3.05) is 0 Å². The molecule has 2 fully saturated rings. The first-order valence-corrected chi connectivity index (χ1v) is 9.19. The van der Waals surface area contributed by atoms with Gasteiger partial charge in [-0.25, -0.2) is 4.39 Å². The van der Waals surface area contributed by atoms with E-state index in [2.05, 4.69) is 18.8 Å². The second-order valence-corrected chi connectivity index (χ2v) is 7.70. The molecule has 4 heteroatoms. The number of nitrogens with one attached hydrogen (secondary N) is 1. The molecule has 1 N–H and O–H groups in total. The lowest BCUT2D eigenvalue weighted by atomic mass is 9.77. The molecule has 0 aromatic heterocycles. The number of carbonyl (C=O) groups is 2. The molecule has 1 heterocycles. The van der Waals surface area contributed by atoms with Crippen molar-refractivity contribution in [3.63, 3.8) is 0 Å². The molecule has 1 atom stereocenters. The molecule has 0 radical (unpaired) electrons. The molecule has 1 aliphatic heterocycles. The summed E-state index contributed by atoms with van der Waals surface area (Å²) in [5, 5.41) is 2.33. The summed E-state index contributed by atoms with van der Waals surface area (Å²) in [7, 11) is 0. The zero-order valence-electron chi connectivity index (χ0n) is 15.0. The third-order valence-corrected chi connectivity index (χ3v) is 5.69. The third-order valence-electron chi connectivity index (χ3n) is 5.69. The lowest BCUT2D eigenvalue weighted by Gasteiger charge is -2.29. The molecule has 1 aliphatic carbocycles.